The van der Waals surface area contributed by atoms with E-state index in [0.29, 0.717) is 31.1 Å². The van der Waals surface area contributed by atoms with Crippen LogP contribution in [0.25, 0.3) is 0 Å². The van der Waals surface area contributed by atoms with Crippen molar-refractivity contribution in [3.8, 4) is 0 Å². The van der Waals surface area contributed by atoms with E-state index in [2.05, 4.69) is 5.32 Å². The standard InChI is InChI=1S/C15H26N2O3S/c1-5-16-12-14-11-15(8-7-13(14)3)21(18,19)17(6-2)9-10-20-4/h7-8,11,16H,5-6,9-10,12H2,1-4H3. The number of benzene rings is 1. The molecule has 0 spiro atoms. The molecule has 0 bridgehead atoms. The molecule has 1 rings (SSSR count). The summed E-state index contributed by atoms with van der Waals surface area (Å²) in [7, 11) is -1.89. The van der Waals surface area contributed by atoms with Gasteiger partial charge in [-0.1, -0.05) is 19.9 Å². The van der Waals surface area contributed by atoms with Crippen LogP contribution in [0.3, 0.4) is 0 Å². The summed E-state index contributed by atoms with van der Waals surface area (Å²) in [6, 6.07) is 5.31. The summed E-state index contributed by atoms with van der Waals surface area (Å²) in [5.41, 5.74) is 2.11. The molecule has 0 aliphatic heterocycles. The van der Waals surface area contributed by atoms with Crippen molar-refractivity contribution < 1.29 is 13.2 Å². The number of nitrogens with zero attached hydrogens (tertiary/aromatic N) is 1. The van der Waals surface area contributed by atoms with Gasteiger partial charge in [-0.2, -0.15) is 4.31 Å². The minimum atomic E-state index is -3.46. The average molecular weight is 314 g/mol. The molecule has 21 heavy (non-hydrogen) atoms. The number of methoxy groups -OCH3 is 1. The Morgan fingerprint density at radius 1 is 1.29 bits per heavy atom. The van der Waals surface area contributed by atoms with Gasteiger partial charge in [0.1, 0.15) is 0 Å². The van der Waals surface area contributed by atoms with Gasteiger partial charge in [-0.3, -0.25) is 0 Å². The van der Waals surface area contributed by atoms with E-state index in [4.69, 9.17) is 4.74 Å². The maximum absolute atomic E-state index is 12.7. The van der Waals surface area contributed by atoms with Crippen LogP contribution in [-0.4, -0.2) is 46.1 Å². The highest BCUT2D eigenvalue weighted by atomic mass is 32.2. The first-order valence-corrected chi connectivity index (χ1v) is 8.70. The molecule has 0 atom stereocenters. The highest BCUT2D eigenvalue weighted by Gasteiger charge is 2.23. The zero-order valence-corrected chi connectivity index (χ0v) is 14.2. The highest BCUT2D eigenvalue weighted by Crippen LogP contribution is 2.19. The van der Waals surface area contributed by atoms with E-state index in [0.717, 1.165) is 17.7 Å². The Labute approximate surface area is 128 Å². The normalized spacial score (nSPS) is 12.0. The number of hydrogen-bond acceptors (Lipinski definition) is 4. The maximum atomic E-state index is 12.7. The van der Waals surface area contributed by atoms with Crippen molar-refractivity contribution in [2.75, 3.05) is 33.4 Å². The van der Waals surface area contributed by atoms with Gasteiger partial charge in [-0.25, -0.2) is 8.42 Å². The van der Waals surface area contributed by atoms with Gasteiger partial charge in [0, 0.05) is 26.7 Å². The van der Waals surface area contributed by atoms with Crippen molar-refractivity contribution in [3.63, 3.8) is 0 Å². The molecule has 0 aliphatic carbocycles. The van der Waals surface area contributed by atoms with Crippen LogP contribution in [0.2, 0.25) is 0 Å². The van der Waals surface area contributed by atoms with E-state index in [1.165, 1.54) is 4.31 Å². The fourth-order valence-electron chi connectivity index (χ4n) is 2.05. The molecule has 0 unspecified atom stereocenters. The third-order valence-corrected chi connectivity index (χ3v) is 5.39. The van der Waals surface area contributed by atoms with Crippen LogP contribution in [0.15, 0.2) is 23.1 Å². The minimum Gasteiger partial charge on any atom is -0.383 e. The Morgan fingerprint density at radius 2 is 2.00 bits per heavy atom. The van der Waals surface area contributed by atoms with E-state index in [-0.39, 0.29) is 0 Å². The van der Waals surface area contributed by atoms with Crippen LogP contribution in [0.5, 0.6) is 0 Å². The minimum absolute atomic E-state index is 0.346. The van der Waals surface area contributed by atoms with E-state index >= 15 is 0 Å². The van der Waals surface area contributed by atoms with E-state index in [1.807, 2.05) is 26.8 Å². The number of ether oxygens (including phenoxy) is 1. The summed E-state index contributed by atoms with van der Waals surface area (Å²) in [5.74, 6) is 0. The van der Waals surface area contributed by atoms with Crippen LogP contribution in [0.4, 0.5) is 0 Å². The first-order valence-electron chi connectivity index (χ1n) is 7.26. The lowest BCUT2D eigenvalue weighted by atomic mass is 10.1. The largest absolute Gasteiger partial charge is 0.383 e. The van der Waals surface area contributed by atoms with Gasteiger partial charge in [0.05, 0.1) is 11.5 Å². The summed E-state index contributed by atoms with van der Waals surface area (Å²) in [6.45, 7) is 8.57. The third kappa shape index (κ3) is 4.78. The number of rotatable bonds is 9. The fraction of sp³-hybridized carbons (Fsp3) is 0.600. The predicted molar refractivity (Wildman–Crippen MR) is 84.9 cm³/mol. The highest BCUT2D eigenvalue weighted by molar-refractivity contribution is 7.89. The second-order valence-electron chi connectivity index (χ2n) is 4.86. The Kier molecular flexibility index (Phi) is 7.31. The zero-order chi connectivity index (χ0) is 15.9. The summed E-state index contributed by atoms with van der Waals surface area (Å²) < 4.78 is 31.7. The molecule has 0 aliphatic rings. The molecule has 1 aromatic carbocycles. The number of sulfonamides is 1. The quantitative estimate of drug-likeness (QED) is 0.754. The SMILES string of the molecule is CCNCc1cc(S(=O)(=O)N(CC)CCOC)ccc1C. The Morgan fingerprint density at radius 3 is 2.57 bits per heavy atom. The second-order valence-corrected chi connectivity index (χ2v) is 6.80. The van der Waals surface area contributed by atoms with Crippen LogP contribution < -0.4 is 5.32 Å². The van der Waals surface area contributed by atoms with Crippen molar-refractivity contribution >= 4 is 10.0 Å². The van der Waals surface area contributed by atoms with Crippen molar-refractivity contribution in [2.45, 2.75) is 32.2 Å². The number of nitrogens with one attached hydrogen (secondary N) is 1. The van der Waals surface area contributed by atoms with Gasteiger partial charge in [0.2, 0.25) is 10.0 Å². The Hall–Kier alpha value is -0.950. The molecule has 0 amide bonds. The monoisotopic (exact) mass is 314 g/mol. The van der Waals surface area contributed by atoms with Gasteiger partial charge in [-0.15, -0.1) is 0 Å². The van der Waals surface area contributed by atoms with Crippen LogP contribution in [0.1, 0.15) is 25.0 Å². The lowest BCUT2D eigenvalue weighted by Gasteiger charge is -2.21. The molecule has 0 saturated heterocycles. The fourth-order valence-corrected chi connectivity index (χ4v) is 3.53. The Bertz CT molecular complexity index is 544. The van der Waals surface area contributed by atoms with Gasteiger partial charge < -0.3 is 10.1 Å². The molecule has 0 saturated carbocycles. The number of aryl methyl sites for hydroxylation is 1. The number of hydrogen-bond donors (Lipinski definition) is 1. The molecule has 0 fully saturated rings. The summed E-state index contributed by atoms with van der Waals surface area (Å²) in [6.07, 6.45) is 0. The molecule has 0 radical (unpaired) electrons. The zero-order valence-electron chi connectivity index (χ0n) is 13.3. The van der Waals surface area contributed by atoms with Crippen LogP contribution in [0, 0.1) is 6.92 Å². The average Bonchev–Trinajstić information content (AvgIpc) is 2.46. The van der Waals surface area contributed by atoms with Crippen LogP contribution in [-0.2, 0) is 21.3 Å². The lowest BCUT2D eigenvalue weighted by Crippen LogP contribution is -2.33. The van der Waals surface area contributed by atoms with Gasteiger partial charge in [-0.05, 0) is 36.7 Å². The summed E-state index contributed by atoms with van der Waals surface area (Å²) >= 11 is 0. The Balaban J connectivity index is 3.06. The molecule has 0 heterocycles. The van der Waals surface area contributed by atoms with Crippen molar-refractivity contribution in [2.24, 2.45) is 0 Å². The molecule has 1 N–H and O–H groups in total. The summed E-state index contributed by atoms with van der Waals surface area (Å²) in [4.78, 5) is 0.346. The van der Waals surface area contributed by atoms with Gasteiger partial charge in [0.15, 0.2) is 0 Å². The number of likely N-dealkylation sites (N-methyl/N-ethyl adjacent to an activating group) is 1. The topological polar surface area (TPSA) is 58.6 Å². The maximum Gasteiger partial charge on any atom is 0.243 e. The molecular formula is C15H26N2O3S. The van der Waals surface area contributed by atoms with Gasteiger partial charge in [0.25, 0.3) is 0 Å². The van der Waals surface area contributed by atoms with Crippen molar-refractivity contribution in [1.29, 1.82) is 0 Å². The first kappa shape index (κ1) is 18.1. The van der Waals surface area contributed by atoms with Crippen LogP contribution >= 0.6 is 0 Å². The molecule has 5 nitrogen and oxygen atoms in total. The first-order chi connectivity index (χ1) is 9.97. The molecule has 0 aromatic heterocycles. The third-order valence-electron chi connectivity index (χ3n) is 3.42. The molecule has 120 valence electrons. The molecule has 6 heteroatoms. The van der Waals surface area contributed by atoms with Crippen molar-refractivity contribution in [3.05, 3.63) is 29.3 Å². The van der Waals surface area contributed by atoms with E-state index < -0.39 is 10.0 Å². The smallest absolute Gasteiger partial charge is 0.243 e. The van der Waals surface area contributed by atoms with E-state index in [9.17, 15) is 8.42 Å². The molecular weight excluding hydrogens is 288 g/mol. The van der Waals surface area contributed by atoms with E-state index in [1.54, 1.807) is 19.2 Å². The summed E-state index contributed by atoms with van der Waals surface area (Å²) in [5, 5.41) is 3.23. The van der Waals surface area contributed by atoms with Gasteiger partial charge >= 0.3 is 0 Å². The second kappa shape index (κ2) is 8.48. The lowest BCUT2D eigenvalue weighted by molar-refractivity contribution is 0.180. The predicted octanol–water partition coefficient (Wildman–Crippen LogP) is 1.76. The molecule has 1 aromatic rings. The van der Waals surface area contributed by atoms with Crippen molar-refractivity contribution in [1.82, 2.24) is 9.62 Å².